The van der Waals surface area contributed by atoms with E-state index in [1.807, 2.05) is 24.3 Å². The van der Waals surface area contributed by atoms with Crippen LogP contribution < -0.4 is 10.6 Å². The highest BCUT2D eigenvalue weighted by Crippen LogP contribution is 2.23. The van der Waals surface area contributed by atoms with Gasteiger partial charge in [0.2, 0.25) is 0 Å². The van der Waals surface area contributed by atoms with Gasteiger partial charge < -0.3 is 10.6 Å². The van der Waals surface area contributed by atoms with Gasteiger partial charge in [0, 0.05) is 18.0 Å². The molecule has 5 nitrogen and oxygen atoms in total. The van der Waals surface area contributed by atoms with Crippen LogP contribution in [0.3, 0.4) is 0 Å². The summed E-state index contributed by atoms with van der Waals surface area (Å²) in [6.07, 6.45) is 2.39. The predicted octanol–water partition coefficient (Wildman–Crippen LogP) is 1.67. The van der Waals surface area contributed by atoms with Gasteiger partial charge in [-0.3, -0.25) is 0 Å². The minimum absolute atomic E-state index is 0.358. The maximum absolute atomic E-state index is 9.16. The molecule has 19 heavy (non-hydrogen) atoms. The maximum atomic E-state index is 9.16. The van der Waals surface area contributed by atoms with Gasteiger partial charge in [-0.15, -0.1) is 10.2 Å². The Hall–Kier alpha value is -2.19. The zero-order valence-electron chi connectivity index (χ0n) is 10.6. The highest BCUT2D eigenvalue weighted by Gasteiger charge is 2.16. The SMILES string of the molecule is N#Cc1nnc2ccccc2c1NCC1CCCN1. The van der Waals surface area contributed by atoms with Crippen molar-refractivity contribution >= 4 is 16.6 Å². The number of aromatic nitrogens is 2. The molecule has 1 aliphatic heterocycles. The van der Waals surface area contributed by atoms with Crippen LogP contribution in [0.15, 0.2) is 24.3 Å². The summed E-state index contributed by atoms with van der Waals surface area (Å²) in [5.74, 6) is 0. The third kappa shape index (κ3) is 2.35. The fraction of sp³-hybridized carbons (Fsp3) is 0.357. The molecule has 2 N–H and O–H groups in total. The van der Waals surface area contributed by atoms with Crippen molar-refractivity contribution in [2.75, 3.05) is 18.4 Å². The summed E-state index contributed by atoms with van der Waals surface area (Å²) in [7, 11) is 0. The Morgan fingerprint density at radius 1 is 1.37 bits per heavy atom. The minimum atomic E-state index is 0.358. The Labute approximate surface area is 111 Å². The van der Waals surface area contributed by atoms with Crippen LogP contribution in [0.4, 0.5) is 5.69 Å². The molecule has 1 atom stereocenters. The van der Waals surface area contributed by atoms with E-state index >= 15 is 0 Å². The normalized spacial score (nSPS) is 18.4. The van der Waals surface area contributed by atoms with E-state index in [-0.39, 0.29) is 0 Å². The number of anilines is 1. The van der Waals surface area contributed by atoms with Crippen molar-refractivity contribution in [2.45, 2.75) is 18.9 Å². The highest BCUT2D eigenvalue weighted by atomic mass is 15.1. The molecule has 1 fully saturated rings. The second-order valence-corrected chi connectivity index (χ2v) is 4.73. The van der Waals surface area contributed by atoms with E-state index < -0.39 is 0 Å². The smallest absolute Gasteiger partial charge is 0.186 e. The molecule has 0 radical (unpaired) electrons. The van der Waals surface area contributed by atoms with E-state index in [0.29, 0.717) is 11.7 Å². The molecule has 1 aliphatic rings. The molecule has 96 valence electrons. The average Bonchev–Trinajstić information content (AvgIpc) is 2.97. The quantitative estimate of drug-likeness (QED) is 0.870. The lowest BCUT2D eigenvalue weighted by Crippen LogP contribution is -2.29. The number of fused-ring (bicyclic) bond motifs is 1. The van der Waals surface area contributed by atoms with Gasteiger partial charge in [-0.25, -0.2) is 0 Å². The van der Waals surface area contributed by atoms with E-state index in [4.69, 9.17) is 5.26 Å². The van der Waals surface area contributed by atoms with Crippen LogP contribution in [0.1, 0.15) is 18.5 Å². The Bertz CT molecular complexity index is 625. The first-order chi connectivity index (χ1) is 9.38. The third-order valence-electron chi connectivity index (χ3n) is 3.46. The monoisotopic (exact) mass is 253 g/mol. The van der Waals surface area contributed by atoms with E-state index in [9.17, 15) is 0 Å². The first-order valence-electron chi connectivity index (χ1n) is 6.51. The van der Waals surface area contributed by atoms with E-state index in [1.54, 1.807) is 0 Å². The van der Waals surface area contributed by atoms with Crippen LogP contribution >= 0.6 is 0 Å². The van der Waals surface area contributed by atoms with Gasteiger partial charge in [0.15, 0.2) is 5.69 Å². The number of nitriles is 1. The van der Waals surface area contributed by atoms with E-state index in [2.05, 4.69) is 26.9 Å². The Balaban J connectivity index is 1.93. The largest absolute Gasteiger partial charge is 0.381 e. The standard InChI is InChI=1S/C14H15N5/c15-8-13-14(17-9-10-4-3-7-16-10)11-5-1-2-6-12(11)18-19-13/h1-2,5-6,10,16H,3-4,7,9H2,(H,17,18). The Morgan fingerprint density at radius 3 is 3.05 bits per heavy atom. The number of nitrogens with one attached hydrogen (secondary N) is 2. The summed E-state index contributed by atoms with van der Waals surface area (Å²) < 4.78 is 0. The fourth-order valence-corrected chi connectivity index (χ4v) is 2.47. The number of nitrogens with zero attached hydrogens (tertiary/aromatic N) is 3. The van der Waals surface area contributed by atoms with Gasteiger partial charge in [0.05, 0.1) is 11.2 Å². The van der Waals surface area contributed by atoms with Crippen LogP contribution in [0.2, 0.25) is 0 Å². The van der Waals surface area contributed by atoms with Crippen molar-refractivity contribution in [1.29, 1.82) is 5.26 Å². The van der Waals surface area contributed by atoms with Crippen LogP contribution in [-0.2, 0) is 0 Å². The van der Waals surface area contributed by atoms with Gasteiger partial charge in [-0.1, -0.05) is 18.2 Å². The van der Waals surface area contributed by atoms with Gasteiger partial charge in [0.25, 0.3) is 0 Å². The van der Waals surface area contributed by atoms with Gasteiger partial charge in [0.1, 0.15) is 6.07 Å². The number of benzene rings is 1. The molecule has 0 amide bonds. The molecule has 1 aromatic heterocycles. The zero-order chi connectivity index (χ0) is 13.1. The minimum Gasteiger partial charge on any atom is -0.381 e. The molecule has 0 bridgehead atoms. The molecule has 0 saturated carbocycles. The highest BCUT2D eigenvalue weighted by molar-refractivity contribution is 5.92. The second-order valence-electron chi connectivity index (χ2n) is 4.73. The number of rotatable bonds is 3. The third-order valence-corrected chi connectivity index (χ3v) is 3.46. The molecular formula is C14H15N5. The molecular weight excluding hydrogens is 238 g/mol. The van der Waals surface area contributed by atoms with Crippen molar-refractivity contribution in [2.24, 2.45) is 0 Å². The lowest BCUT2D eigenvalue weighted by Gasteiger charge is -2.14. The first kappa shape index (κ1) is 11.9. The number of hydrogen-bond donors (Lipinski definition) is 2. The number of hydrogen-bond acceptors (Lipinski definition) is 5. The van der Waals surface area contributed by atoms with Crippen molar-refractivity contribution in [3.63, 3.8) is 0 Å². The molecule has 1 aromatic carbocycles. The molecule has 0 aliphatic carbocycles. The molecule has 2 heterocycles. The summed E-state index contributed by atoms with van der Waals surface area (Å²) in [6, 6.07) is 10.3. The average molecular weight is 253 g/mol. The lowest BCUT2D eigenvalue weighted by atomic mass is 10.1. The van der Waals surface area contributed by atoms with E-state index in [1.165, 1.54) is 12.8 Å². The summed E-state index contributed by atoms with van der Waals surface area (Å²) in [5, 5.41) is 24.9. The van der Waals surface area contributed by atoms with Crippen molar-refractivity contribution in [3.8, 4) is 6.07 Å². The molecule has 5 heteroatoms. The first-order valence-corrected chi connectivity index (χ1v) is 6.51. The van der Waals surface area contributed by atoms with Gasteiger partial charge in [-0.2, -0.15) is 5.26 Å². The van der Waals surface area contributed by atoms with Crippen molar-refractivity contribution < 1.29 is 0 Å². The topological polar surface area (TPSA) is 73.6 Å². The van der Waals surface area contributed by atoms with Crippen LogP contribution in [0.5, 0.6) is 0 Å². The maximum Gasteiger partial charge on any atom is 0.186 e. The van der Waals surface area contributed by atoms with Gasteiger partial charge >= 0.3 is 0 Å². The molecule has 1 saturated heterocycles. The Morgan fingerprint density at radius 2 is 2.26 bits per heavy atom. The lowest BCUT2D eigenvalue weighted by molar-refractivity contribution is 0.633. The molecule has 3 rings (SSSR count). The summed E-state index contributed by atoms with van der Waals surface area (Å²) in [4.78, 5) is 0. The van der Waals surface area contributed by atoms with Crippen LogP contribution in [0, 0.1) is 11.3 Å². The summed E-state index contributed by atoms with van der Waals surface area (Å²) in [6.45, 7) is 1.89. The molecule has 0 spiro atoms. The van der Waals surface area contributed by atoms with Crippen LogP contribution in [0.25, 0.3) is 10.9 Å². The van der Waals surface area contributed by atoms with E-state index in [0.717, 1.165) is 29.7 Å². The fourth-order valence-electron chi connectivity index (χ4n) is 2.47. The van der Waals surface area contributed by atoms with Crippen LogP contribution in [-0.4, -0.2) is 29.3 Å². The predicted molar refractivity (Wildman–Crippen MR) is 73.8 cm³/mol. The second kappa shape index (κ2) is 5.21. The van der Waals surface area contributed by atoms with Crippen molar-refractivity contribution in [1.82, 2.24) is 15.5 Å². The molecule has 2 aromatic rings. The Kier molecular flexibility index (Phi) is 3.25. The molecule has 1 unspecified atom stereocenters. The summed E-state index contributed by atoms with van der Waals surface area (Å²) in [5.41, 5.74) is 1.96. The van der Waals surface area contributed by atoms with Crippen molar-refractivity contribution in [3.05, 3.63) is 30.0 Å². The van der Waals surface area contributed by atoms with Gasteiger partial charge in [-0.05, 0) is 25.5 Å². The summed E-state index contributed by atoms with van der Waals surface area (Å²) >= 11 is 0. The zero-order valence-corrected chi connectivity index (χ0v) is 10.6.